The third kappa shape index (κ3) is 2.27. The summed E-state index contributed by atoms with van der Waals surface area (Å²) in [4.78, 5) is 0. The lowest BCUT2D eigenvalue weighted by Crippen LogP contribution is -2.41. The monoisotopic (exact) mass is 219 g/mol. The summed E-state index contributed by atoms with van der Waals surface area (Å²) in [6.07, 6.45) is 6.51. The van der Waals surface area contributed by atoms with Crippen molar-refractivity contribution in [3.63, 3.8) is 0 Å². The topological polar surface area (TPSA) is 55.4 Å². The lowest BCUT2D eigenvalue weighted by molar-refractivity contribution is 0.352. The lowest BCUT2D eigenvalue weighted by atomic mass is 9.95. The molecule has 0 amide bonds. The third-order valence-electron chi connectivity index (χ3n) is 3.00. The van der Waals surface area contributed by atoms with E-state index >= 15 is 0 Å². The van der Waals surface area contributed by atoms with Crippen molar-refractivity contribution in [3.05, 3.63) is 0 Å². The van der Waals surface area contributed by atoms with Crippen LogP contribution >= 0.6 is 0 Å². The van der Waals surface area contributed by atoms with Gasteiger partial charge >= 0.3 is 0 Å². The Balaban J connectivity index is 1.90. The van der Waals surface area contributed by atoms with Gasteiger partial charge < -0.3 is 0 Å². The number of hydrogen-bond acceptors (Lipinski definition) is 4. The van der Waals surface area contributed by atoms with E-state index in [0.29, 0.717) is 19.1 Å². The van der Waals surface area contributed by atoms with Crippen LogP contribution in [-0.4, -0.2) is 26.4 Å². The van der Waals surface area contributed by atoms with E-state index in [-0.39, 0.29) is 0 Å². The van der Waals surface area contributed by atoms with Crippen LogP contribution < -0.4 is 5.32 Å². The normalized spacial score (nSPS) is 33.3. The van der Waals surface area contributed by atoms with E-state index < -0.39 is 15.5 Å². The van der Waals surface area contributed by atoms with Crippen LogP contribution in [0.25, 0.3) is 0 Å². The Labute approximate surface area is 85.1 Å². The van der Waals surface area contributed by atoms with Crippen molar-refractivity contribution in [3.8, 4) is 0 Å². The highest BCUT2D eigenvalue weighted by Gasteiger charge is 2.34. The Kier molecular flexibility index (Phi) is 3.09. The maximum absolute atomic E-state index is 11.4. The van der Waals surface area contributed by atoms with Crippen LogP contribution in [0, 0.1) is 0 Å². The molecule has 0 radical (unpaired) electrons. The van der Waals surface area contributed by atoms with Crippen LogP contribution in [0.3, 0.4) is 0 Å². The molecule has 0 aromatic carbocycles. The second kappa shape index (κ2) is 4.16. The van der Waals surface area contributed by atoms with Crippen molar-refractivity contribution in [1.82, 2.24) is 5.32 Å². The van der Waals surface area contributed by atoms with E-state index in [1.54, 1.807) is 0 Å². The molecule has 1 unspecified atom stereocenters. The van der Waals surface area contributed by atoms with E-state index in [1.165, 1.54) is 19.3 Å². The SMILES string of the molecule is O=S1(=O)OCCC1NC1CCCCC1. The molecule has 4 nitrogen and oxygen atoms in total. The molecule has 14 heavy (non-hydrogen) atoms. The average molecular weight is 219 g/mol. The van der Waals surface area contributed by atoms with Gasteiger partial charge in [0, 0.05) is 12.5 Å². The molecule has 0 bridgehead atoms. The van der Waals surface area contributed by atoms with Gasteiger partial charge in [-0.15, -0.1) is 0 Å². The Bertz CT molecular complexity index is 282. The molecule has 0 aromatic rings. The van der Waals surface area contributed by atoms with Crippen LogP contribution in [0.2, 0.25) is 0 Å². The fourth-order valence-corrected chi connectivity index (χ4v) is 3.43. The number of hydrogen-bond donors (Lipinski definition) is 1. The summed E-state index contributed by atoms with van der Waals surface area (Å²) in [6, 6.07) is 0.380. The van der Waals surface area contributed by atoms with Gasteiger partial charge in [0.15, 0.2) is 0 Å². The van der Waals surface area contributed by atoms with Crippen molar-refractivity contribution in [2.24, 2.45) is 0 Å². The van der Waals surface area contributed by atoms with Crippen molar-refractivity contribution in [2.75, 3.05) is 6.61 Å². The molecule has 2 rings (SSSR count). The highest BCUT2D eigenvalue weighted by molar-refractivity contribution is 7.87. The molecule has 5 heteroatoms. The van der Waals surface area contributed by atoms with E-state index in [2.05, 4.69) is 5.32 Å². The summed E-state index contributed by atoms with van der Waals surface area (Å²) in [6.45, 7) is 0.340. The molecular formula is C9H17NO3S. The highest BCUT2D eigenvalue weighted by Crippen LogP contribution is 2.21. The second-order valence-electron chi connectivity index (χ2n) is 4.09. The molecule has 2 aliphatic rings. The summed E-state index contributed by atoms with van der Waals surface area (Å²) in [5.41, 5.74) is 0. The van der Waals surface area contributed by atoms with Crippen LogP contribution in [-0.2, 0) is 14.3 Å². The summed E-state index contributed by atoms with van der Waals surface area (Å²) >= 11 is 0. The average Bonchev–Trinajstić information content (AvgIpc) is 2.48. The zero-order valence-electron chi connectivity index (χ0n) is 8.24. The molecule has 0 spiro atoms. The van der Waals surface area contributed by atoms with Gasteiger partial charge in [-0.25, -0.2) is 0 Å². The minimum Gasteiger partial charge on any atom is -0.296 e. The first-order valence-corrected chi connectivity index (χ1v) is 6.80. The minimum absolute atomic E-state index is 0.340. The van der Waals surface area contributed by atoms with Crippen LogP contribution in [0.15, 0.2) is 0 Å². The Morgan fingerprint density at radius 3 is 2.36 bits per heavy atom. The first-order valence-electron chi connectivity index (χ1n) is 5.33. The molecule has 1 N–H and O–H groups in total. The molecule has 2 fully saturated rings. The van der Waals surface area contributed by atoms with Gasteiger partial charge in [0.2, 0.25) is 0 Å². The molecule has 1 aliphatic heterocycles. The Morgan fingerprint density at radius 2 is 1.79 bits per heavy atom. The van der Waals surface area contributed by atoms with Gasteiger partial charge in [-0.2, -0.15) is 8.42 Å². The Hall–Kier alpha value is -0.130. The van der Waals surface area contributed by atoms with Crippen LogP contribution in [0.4, 0.5) is 0 Å². The molecule has 0 aromatic heterocycles. The molecule has 1 heterocycles. The second-order valence-corrected chi connectivity index (χ2v) is 5.88. The Morgan fingerprint density at radius 1 is 1.07 bits per heavy atom. The highest BCUT2D eigenvalue weighted by atomic mass is 32.2. The van der Waals surface area contributed by atoms with Crippen molar-refractivity contribution < 1.29 is 12.6 Å². The molecule has 1 saturated heterocycles. The quantitative estimate of drug-likeness (QED) is 0.704. The van der Waals surface area contributed by atoms with Gasteiger partial charge in [-0.3, -0.25) is 9.50 Å². The molecule has 82 valence electrons. The van der Waals surface area contributed by atoms with Gasteiger partial charge in [0.05, 0.1) is 6.61 Å². The molecule has 1 atom stereocenters. The minimum atomic E-state index is -3.30. The van der Waals surface area contributed by atoms with Crippen molar-refractivity contribution in [2.45, 2.75) is 49.9 Å². The summed E-state index contributed by atoms with van der Waals surface area (Å²) in [5.74, 6) is 0. The van der Waals surface area contributed by atoms with E-state index in [1.807, 2.05) is 0 Å². The third-order valence-corrected chi connectivity index (χ3v) is 4.57. The van der Waals surface area contributed by atoms with E-state index in [0.717, 1.165) is 12.8 Å². The van der Waals surface area contributed by atoms with Gasteiger partial charge in [0.1, 0.15) is 5.37 Å². The van der Waals surface area contributed by atoms with Crippen LogP contribution in [0.5, 0.6) is 0 Å². The first-order chi connectivity index (χ1) is 6.68. The molecule has 1 aliphatic carbocycles. The summed E-state index contributed by atoms with van der Waals surface area (Å²) < 4.78 is 27.4. The summed E-state index contributed by atoms with van der Waals surface area (Å²) in [5, 5.41) is 2.74. The maximum atomic E-state index is 11.4. The van der Waals surface area contributed by atoms with Crippen molar-refractivity contribution in [1.29, 1.82) is 0 Å². The first kappa shape index (κ1) is 10.4. The smallest absolute Gasteiger partial charge is 0.283 e. The standard InChI is InChI=1S/C9H17NO3S/c11-14(12)9(6-7-13-14)10-8-4-2-1-3-5-8/h8-10H,1-7H2. The summed E-state index contributed by atoms with van der Waals surface area (Å²) in [7, 11) is -3.30. The molecule has 1 saturated carbocycles. The maximum Gasteiger partial charge on any atom is 0.283 e. The fourth-order valence-electron chi connectivity index (χ4n) is 2.20. The van der Waals surface area contributed by atoms with Crippen LogP contribution in [0.1, 0.15) is 38.5 Å². The van der Waals surface area contributed by atoms with Crippen molar-refractivity contribution >= 4 is 10.1 Å². The van der Waals surface area contributed by atoms with E-state index in [9.17, 15) is 8.42 Å². The largest absolute Gasteiger partial charge is 0.296 e. The number of nitrogens with one attached hydrogen (secondary N) is 1. The lowest BCUT2D eigenvalue weighted by Gasteiger charge is -2.25. The zero-order chi connectivity index (χ0) is 10.0. The predicted octanol–water partition coefficient (Wildman–Crippen LogP) is 0.985. The van der Waals surface area contributed by atoms with Gasteiger partial charge in [-0.05, 0) is 12.8 Å². The zero-order valence-corrected chi connectivity index (χ0v) is 9.05. The fraction of sp³-hybridized carbons (Fsp3) is 1.00. The molecular weight excluding hydrogens is 202 g/mol. The van der Waals surface area contributed by atoms with Gasteiger partial charge in [-0.1, -0.05) is 19.3 Å². The van der Waals surface area contributed by atoms with Gasteiger partial charge in [0.25, 0.3) is 10.1 Å². The number of rotatable bonds is 2. The predicted molar refractivity (Wildman–Crippen MR) is 53.3 cm³/mol. The van der Waals surface area contributed by atoms with E-state index in [4.69, 9.17) is 4.18 Å².